The van der Waals surface area contributed by atoms with Crippen molar-refractivity contribution in [2.24, 2.45) is 0 Å². The van der Waals surface area contributed by atoms with E-state index < -0.39 is 0 Å². The molecular formula is C23H48N4. The zero-order chi connectivity index (χ0) is 20.9. The van der Waals surface area contributed by atoms with E-state index in [-0.39, 0.29) is 7.43 Å². The lowest BCUT2D eigenvalue weighted by Gasteiger charge is -2.13. The van der Waals surface area contributed by atoms with Crippen molar-refractivity contribution in [3.63, 3.8) is 0 Å². The fourth-order valence-electron chi connectivity index (χ4n) is 2.42. The zero-order valence-corrected chi connectivity index (χ0v) is 19.4. The first kappa shape index (κ1) is 30.2. The summed E-state index contributed by atoms with van der Waals surface area (Å²) in [5, 5.41) is 4.25. The molecule has 2 heterocycles. The monoisotopic (exact) mass is 380 g/mol. The van der Waals surface area contributed by atoms with Gasteiger partial charge in [-0.15, -0.1) is 0 Å². The average molecular weight is 381 g/mol. The van der Waals surface area contributed by atoms with Crippen LogP contribution in [-0.2, 0) is 0 Å². The topological polar surface area (TPSA) is 35.6 Å². The molecule has 0 saturated heterocycles. The highest BCUT2D eigenvalue weighted by molar-refractivity contribution is 5.06. The summed E-state index contributed by atoms with van der Waals surface area (Å²) in [5.41, 5.74) is 1.32. The molecule has 0 amide bonds. The van der Waals surface area contributed by atoms with Crippen LogP contribution < -0.4 is 0 Å². The maximum absolute atomic E-state index is 4.30. The molecule has 4 nitrogen and oxygen atoms in total. The number of imidazole rings is 1. The third-order valence-corrected chi connectivity index (χ3v) is 3.55. The molecule has 0 aliphatic rings. The zero-order valence-electron chi connectivity index (χ0n) is 19.4. The van der Waals surface area contributed by atoms with Crippen LogP contribution in [-0.4, -0.2) is 19.3 Å². The summed E-state index contributed by atoms with van der Waals surface area (Å²) in [6.45, 7) is 25.4. The Labute approximate surface area is 170 Å². The highest BCUT2D eigenvalue weighted by Gasteiger charge is 2.08. The van der Waals surface area contributed by atoms with Crippen LogP contribution in [0.15, 0.2) is 24.7 Å². The molecule has 4 heteroatoms. The van der Waals surface area contributed by atoms with Crippen LogP contribution in [0.3, 0.4) is 0 Å². The van der Waals surface area contributed by atoms with E-state index in [9.17, 15) is 0 Å². The molecule has 0 N–H and O–H groups in total. The van der Waals surface area contributed by atoms with Crippen molar-refractivity contribution in [1.29, 1.82) is 0 Å². The molecule has 0 radical (unpaired) electrons. The summed E-state index contributed by atoms with van der Waals surface area (Å²) in [6.07, 6.45) is 5.78. The number of hydrogen-bond donors (Lipinski definition) is 0. The molecule has 0 atom stereocenters. The molecule has 0 saturated carbocycles. The second-order valence-electron chi connectivity index (χ2n) is 6.89. The van der Waals surface area contributed by atoms with Crippen molar-refractivity contribution in [1.82, 2.24) is 19.3 Å². The highest BCUT2D eigenvalue weighted by Crippen LogP contribution is 2.17. The maximum Gasteiger partial charge on any atom is 0.111 e. The largest absolute Gasteiger partial charge is 0.332 e. The van der Waals surface area contributed by atoms with E-state index in [0.717, 1.165) is 0 Å². The highest BCUT2D eigenvalue weighted by atomic mass is 15.3. The van der Waals surface area contributed by atoms with E-state index in [0.29, 0.717) is 23.9 Å². The quantitative estimate of drug-likeness (QED) is 0.541. The van der Waals surface area contributed by atoms with Gasteiger partial charge in [-0.2, -0.15) is 5.10 Å². The first-order valence-corrected chi connectivity index (χ1v) is 10.3. The minimum Gasteiger partial charge on any atom is -0.332 e. The molecule has 0 aromatic carbocycles. The van der Waals surface area contributed by atoms with Crippen LogP contribution in [0.1, 0.15) is 126 Å². The Morgan fingerprint density at radius 1 is 0.741 bits per heavy atom. The lowest BCUT2D eigenvalue weighted by atomic mass is 10.1. The number of nitrogens with zero attached hydrogens (tertiary/aromatic N) is 4. The van der Waals surface area contributed by atoms with Gasteiger partial charge in [-0.1, -0.05) is 62.8 Å². The molecule has 0 unspecified atom stereocenters. The smallest absolute Gasteiger partial charge is 0.111 e. The van der Waals surface area contributed by atoms with Gasteiger partial charge < -0.3 is 4.57 Å². The Bertz CT molecular complexity index is 453. The Morgan fingerprint density at radius 3 is 1.56 bits per heavy atom. The molecule has 0 bridgehead atoms. The molecule has 0 aliphatic heterocycles. The Kier molecular flexibility index (Phi) is 18.5. The predicted octanol–water partition coefficient (Wildman–Crippen LogP) is 7.86. The van der Waals surface area contributed by atoms with Crippen LogP contribution in [0.5, 0.6) is 0 Å². The Balaban J connectivity index is -0.000000349. The molecule has 2 aromatic heterocycles. The summed E-state index contributed by atoms with van der Waals surface area (Å²) < 4.78 is 4.29. The molecule has 0 aliphatic carbocycles. The number of rotatable bonds is 4. The van der Waals surface area contributed by atoms with Crippen LogP contribution >= 0.6 is 0 Å². The molecule has 2 rings (SSSR count). The minimum absolute atomic E-state index is 0. The summed E-state index contributed by atoms with van der Waals surface area (Å²) >= 11 is 0. The van der Waals surface area contributed by atoms with Crippen molar-refractivity contribution in [3.8, 4) is 0 Å². The molecule has 2 aromatic rings. The van der Waals surface area contributed by atoms with Gasteiger partial charge >= 0.3 is 0 Å². The first-order chi connectivity index (χ1) is 12.3. The molecule has 0 fully saturated rings. The fraction of sp³-hybridized carbons (Fsp3) is 0.739. The SMILES string of the molecule is C.CC.CC.CC(C)c1ccnn1C(C)C.CC(C)c1nccn1C(C)C. The Hall–Kier alpha value is -1.58. The van der Waals surface area contributed by atoms with E-state index in [1.54, 1.807) is 0 Å². The van der Waals surface area contributed by atoms with Crippen molar-refractivity contribution in [3.05, 3.63) is 36.2 Å². The normalized spacial score (nSPS) is 9.78. The fourth-order valence-corrected chi connectivity index (χ4v) is 2.42. The molecule has 27 heavy (non-hydrogen) atoms. The van der Waals surface area contributed by atoms with E-state index in [1.807, 2.05) is 46.3 Å². The van der Waals surface area contributed by atoms with Gasteiger partial charge in [0.05, 0.1) is 0 Å². The predicted molar refractivity (Wildman–Crippen MR) is 123 cm³/mol. The number of hydrogen-bond acceptors (Lipinski definition) is 2. The second kappa shape index (κ2) is 16.6. The third-order valence-electron chi connectivity index (χ3n) is 3.55. The first-order valence-electron chi connectivity index (χ1n) is 10.3. The van der Waals surface area contributed by atoms with Gasteiger partial charge in [-0.3, -0.25) is 4.68 Å². The molecule has 160 valence electrons. The van der Waals surface area contributed by atoms with E-state index in [1.165, 1.54) is 11.5 Å². The van der Waals surface area contributed by atoms with Gasteiger partial charge in [0.15, 0.2) is 0 Å². The van der Waals surface area contributed by atoms with Crippen LogP contribution in [0, 0.1) is 0 Å². The van der Waals surface area contributed by atoms with Gasteiger partial charge in [-0.25, -0.2) is 4.98 Å². The van der Waals surface area contributed by atoms with Gasteiger partial charge in [0.25, 0.3) is 0 Å². The average Bonchev–Trinajstić information content (AvgIpc) is 3.28. The molecule has 0 spiro atoms. The van der Waals surface area contributed by atoms with Crippen molar-refractivity contribution in [2.45, 2.75) is 114 Å². The number of aromatic nitrogens is 4. The van der Waals surface area contributed by atoms with Crippen LogP contribution in [0.25, 0.3) is 0 Å². The summed E-state index contributed by atoms with van der Waals surface area (Å²) in [7, 11) is 0. The van der Waals surface area contributed by atoms with E-state index >= 15 is 0 Å². The Morgan fingerprint density at radius 2 is 1.26 bits per heavy atom. The van der Waals surface area contributed by atoms with E-state index in [4.69, 9.17) is 0 Å². The standard InChI is InChI=1S/2C9H16N2.2C2H6.CH4/c1-7(2)9-10-5-6-11(9)8(3)4;1-7(2)9-5-6-10-11(9)8(3)4;2*1-2;/h2*5-8H,1-4H3;2*1-2H3;1H4. The van der Waals surface area contributed by atoms with Gasteiger partial charge in [0.2, 0.25) is 0 Å². The van der Waals surface area contributed by atoms with Gasteiger partial charge in [-0.05, 0) is 39.7 Å². The van der Waals surface area contributed by atoms with Crippen LogP contribution in [0.2, 0.25) is 0 Å². The summed E-state index contributed by atoms with van der Waals surface area (Å²) in [6, 6.07) is 3.09. The minimum atomic E-state index is 0. The van der Waals surface area contributed by atoms with Gasteiger partial charge in [0, 0.05) is 42.3 Å². The van der Waals surface area contributed by atoms with Gasteiger partial charge in [0.1, 0.15) is 5.82 Å². The van der Waals surface area contributed by atoms with E-state index in [2.05, 4.69) is 80.8 Å². The molecular weight excluding hydrogens is 332 g/mol. The van der Waals surface area contributed by atoms with Crippen molar-refractivity contribution >= 4 is 0 Å². The summed E-state index contributed by atoms with van der Waals surface area (Å²) in [5.74, 6) is 2.27. The maximum atomic E-state index is 4.30. The summed E-state index contributed by atoms with van der Waals surface area (Å²) in [4.78, 5) is 4.30. The van der Waals surface area contributed by atoms with Crippen molar-refractivity contribution in [2.75, 3.05) is 0 Å². The third kappa shape index (κ3) is 10.4. The second-order valence-corrected chi connectivity index (χ2v) is 6.89. The van der Waals surface area contributed by atoms with Crippen molar-refractivity contribution < 1.29 is 0 Å². The van der Waals surface area contributed by atoms with Crippen LogP contribution in [0.4, 0.5) is 0 Å². The lowest BCUT2D eigenvalue weighted by molar-refractivity contribution is 0.498. The lowest BCUT2D eigenvalue weighted by Crippen LogP contribution is -2.08.